The molecule has 1 atom stereocenters. The molecule has 0 radical (unpaired) electrons. The van der Waals surface area contributed by atoms with Crippen LogP contribution in [-0.4, -0.2) is 50.1 Å². The average Bonchev–Trinajstić information content (AvgIpc) is 2.88. The van der Waals surface area contributed by atoms with E-state index < -0.39 is 23.3 Å². The van der Waals surface area contributed by atoms with Gasteiger partial charge in [0.25, 0.3) is 0 Å². The topological polar surface area (TPSA) is 138 Å². The first-order chi connectivity index (χ1) is 16.9. The van der Waals surface area contributed by atoms with Crippen molar-refractivity contribution >= 4 is 17.1 Å². The zero-order valence-corrected chi connectivity index (χ0v) is 19.1. The molecule has 3 aliphatic rings. The number of hydrogen-bond acceptors (Lipinski definition) is 7. The SMILES string of the molecule is N#Cc1cnc2ccc(OCc3ccccc3)nc2c1CC(O)C12CCC(NC(=O)O)(CC1)CO2. The molecule has 2 aromatic heterocycles. The van der Waals surface area contributed by atoms with Crippen LogP contribution >= 0.6 is 0 Å². The number of aliphatic hydroxyl groups is 1. The van der Waals surface area contributed by atoms with Crippen molar-refractivity contribution in [1.82, 2.24) is 15.3 Å². The number of aliphatic hydroxyl groups excluding tert-OH is 1. The van der Waals surface area contributed by atoms with E-state index >= 15 is 0 Å². The molecule has 3 fully saturated rings. The summed E-state index contributed by atoms with van der Waals surface area (Å²) in [4.78, 5) is 20.2. The van der Waals surface area contributed by atoms with Crippen molar-refractivity contribution in [2.75, 3.05) is 6.61 Å². The van der Waals surface area contributed by atoms with Crippen LogP contribution in [0.4, 0.5) is 4.79 Å². The Labute approximate surface area is 202 Å². The molecule has 1 unspecified atom stereocenters. The minimum absolute atomic E-state index is 0.163. The maximum Gasteiger partial charge on any atom is 0.405 e. The second kappa shape index (κ2) is 9.13. The van der Waals surface area contributed by atoms with Gasteiger partial charge in [-0.15, -0.1) is 0 Å². The van der Waals surface area contributed by atoms with Crippen LogP contribution < -0.4 is 10.1 Å². The van der Waals surface area contributed by atoms with Crippen molar-refractivity contribution in [3.05, 3.63) is 65.4 Å². The van der Waals surface area contributed by atoms with E-state index in [9.17, 15) is 15.2 Å². The van der Waals surface area contributed by atoms with Gasteiger partial charge in [-0.2, -0.15) is 5.26 Å². The Kier molecular flexibility index (Phi) is 6.01. The number of rotatable bonds is 7. The molecule has 9 heteroatoms. The van der Waals surface area contributed by atoms with Crippen molar-refractivity contribution in [1.29, 1.82) is 5.26 Å². The number of fused-ring (bicyclic) bond motifs is 4. The monoisotopic (exact) mass is 474 g/mol. The number of aromatic nitrogens is 2. The first kappa shape index (κ1) is 23.0. The number of amides is 1. The van der Waals surface area contributed by atoms with Gasteiger partial charge in [-0.1, -0.05) is 30.3 Å². The van der Waals surface area contributed by atoms with Crippen LogP contribution in [0.2, 0.25) is 0 Å². The maximum absolute atomic E-state index is 11.3. The third-order valence-electron chi connectivity index (χ3n) is 7.21. The summed E-state index contributed by atoms with van der Waals surface area (Å²) in [6, 6.07) is 15.5. The van der Waals surface area contributed by atoms with Gasteiger partial charge in [0.05, 0.1) is 40.4 Å². The zero-order valence-electron chi connectivity index (χ0n) is 19.1. The van der Waals surface area contributed by atoms with Gasteiger partial charge in [-0.05, 0) is 37.3 Å². The number of nitrogens with one attached hydrogen (secondary N) is 1. The first-order valence-corrected chi connectivity index (χ1v) is 11.6. The minimum atomic E-state index is -1.07. The van der Waals surface area contributed by atoms with E-state index in [1.54, 1.807) is 12.1 Å². The van der Waals surface area contributed by atoms with Crippen molar-refractivity contribution in [3.63, 3.8) is 0 Å². The van der Waals surface area contributed by atoms with Gasteiger partial charge in [0, 0.05) is 24.2 Å². The van der Waals surface area contributed by atoms with E-state index in [4.69, 9.17) is 14.6 Å². The standard InChI is InChI=1S/C26H26N4O5/c27-13-18-14-28-20-6-7-22(34-15-17-4-2-1-3-5-17)29-23(20)19(18)12-21(31)26-10-8-25(9-11-26,16-35-26)30-24(32)33/h1-7,14,21,30-31H,8-12,15-16H2,(H,32,33). The summed E-state index contributed by atoms with van der Waals surface area (Å²) in [7, 11) is 0. The molecule has 2 aliphatic heterocycles. The maximum atomic E-state index is 11.3. The molecule has 1 aliphatic carbocycles. The Morgan fingerprint density at radius 3 is 2.63 bits per heavy atom. The molecule has 180 valence electrons. The number of ether oxygens (including phenoxy) is 2. The third kappa shape index (κ3) is 4.50. The molecule has 0 spiro atoms. The van der Waals surface area contributed by atoms with Crippen LogP contribution in [-0.2, 0) is 17.8 Å². The fourth-order valence-corrected chi connectivity index (χ4v) is 5.13. The normalized spacial score (nSPS) is 24.0. The lowest BCUT2D eigenvalue weighted by molar-refractivity contribution is -0.206. The average molecular weight is 475 g/mol. The Bertz CT molecular complexity index is 1270. The van der Waals surface area contributed by atoms with Gasteiger partial charge in [0.1, 0.15) is 12.7 Å². The molecular weight excluding hydrogens is 448 g/mol. The lowest BCUT2D eigenvalue weighted by atomic mass is 9.68. The van der Waals surface area contributed by atoms with Crippen LogP contribution in [0.25, 0.3) is 11.0 Å². The number of pyridine rings is 2. The summed E-state index contributed by atoms with van der Waals surface area (Å²) in [5.41, 5.74) is 1.68. The summed E-state index contributed by atoms with van der Waals surface area (Å²) >= 11 is 0. The van der Waals surface area contributed by atoms with E-state index in [0.717, 1.165) is 5.56 Å². The fourth-order valence-electron chi connectivity index (χ4n) is 5.13. The number of benzene rings is 1. The highest BCUT2D eigenvalue weighted by Gasteiger charge is 2.53. The number of nitrogens with zero attached hydrogens (tertiary/aromatic N) is 3. The van der Waals surface area contributed by atoms with Gasteiger partial charge in [-0.3, -0.25) is 4.98 Å². The smallest absolute Gasteiger partial charge is 0.405 e. The van der Waals surface area contributed by atoms with Crippen LogP contribution in [0.15, 0.2) is 48.7 Å². The number of carboxylic acid groups (broad SMARTS) is 1. The van der Waals surface area contributed by atoms with Crippen molar-refractivity contribution < 1.29 is 24.5 Å². The molecule has 2 bridgehead atoms. The van der Waals surface area contributed by atoms with Crippen molar-refractivity contribution in [2.45, 2.75) is 56.0 Å². The lowest BCUT2D eigenvalue weighted by Gasteiger charge is -2.54. The largest absolute Gasteiger partial charge is 0.473 e. The highest BCUT2D eigenvalue weighted by Crippen LogP contribution is 2.46. The molecule has 3 N–H and O–H groups in total. The quantitative estimate of drug-likeness (QED) is 0.474. The molecule has 3 aromatic rings. The number of hydrogen-bond donors (Lipinski definition) is 3. The summed E-state index contributed by atoms with van der Waals surface area (Å²) in [5, 5.41) is 32.8. The Morgan fingerprint density at radius 1 is 1.20 bits per heavy atom. The first-order valence-electron chi connectivity index (χ1n) is 11.6. The minimum Gasteiger partial charge on any atom is -0.473 e. The fraction of sp³-hybridized carbons (Fsp3) is 0.385. The van der Waals surface area contributed by atoms with Gasteiger partial charge >= 0.3 is 6.09 Å². The molecule has 1 saturated carbocycles. The molecule has 4 heterocycles. The molecule has 6 rings (SSSR count). The summed E-state index contributed by atoms with van der Waals surface area (Å²) in [5.74, 6) is 0.406. The third-order valence-corrected chi connectivity index (χ3v) is 7.21. The second-order valence-electron chi connectivity index (χ2n) is 9.34. The van der Waals surface area contributed by atoms with Crippen molar-refractivity contribution in [2.24, 2.45) is 0 Å². The van der Waals surface area contributed by atoms with Gasteiger partial charge in [-0.25, -0.2) is 9.78 Å². The molecule has 9 nitrogen and oxygen atoms in total. The molecule has 2 saturated heterocycles. The molecule has 1 amide bonds. The predicted molar refractivity (Wildman–Crippen MR) is 126 cm³/mol. The summed E-state index contributed by atoms with van der Waals surface area (Å²) in [6.07, 6.45) is 1.94. The van der Waals surface area contributed by atoms with Crippen LogP contribution in [0.3, 0.4) is 0 Å². The van der Waals surface area contributed by atoms with Gasteiger partial charge in [0.15, 0.2) is 0 Å². The molecule has 35 heavy (non-hydrogen) atoms. The van der Waals surface area contributed by atoms with E-state index in [1.807, 2.05) is 30.3 Å². The summed E-state index contributed by atoms with van der Waals surface area (Å²) < 4.78 is 12.0. The highest BCUT2D eigenvalue weighted by molar-refractivity contribution is 5.80. The molecule has 1 aromatic carbocycles. The van der Waals surface area contributed by atoms with E-state index in [0.29, 0.717) is 60.3 Å². The molecular formula is C26H26N4O5. The number of nitriles is 1. The Morgan fingerprint density at radius 2 is 1.97 bits per heavy atom. The van der Waals surface area contributed by atoms with E-state index in [2.05, 4.69) is 21.4 Å². The highest BCUT2D eigenvalue weighted by atomic mass is 16.5. The zero-order chi connectivity index (χ0) is 24.5. The Balaban J connectivity index is 1.39. The van der Waals surface area contributed by atoms with Gasteiger partial charge in [0.2, 0.25) is 5.88 Å². The van der Waals surface area contributed by atoms with Crippen LogP contribution in [0.1, 0.15) is 42.4 Å². The Hall–Kier alpha value is -3.74. The van der Waals surface area contributed by atoms with Crippen LogP contribution in [0.5, 0.6) is 5.88 Å². The van der Waals surface area contributed by atoms with Crippen LogP contribution in [0, 0.1) is 11.3 Å². The van der Waals surface area contributed by atoms with Gasteiger partial charge < -0.3 is 25.0 Å². The van der Waals surface area contributed by atoms with E-state index in [-0.39, 0.29) is 13.0 Å². The second-order valence-corrected chi connectivity index (χ2v) is 9.34. The predicted octanol–water partition coefficient (Wildman–Crippen LogP) is 3.33. The van der Waals surface area contributed by atoms with Crippen molar-refractivity contribution in [3.8, 4) is 11.9 Å². The summed E-state index contributed by atoms with van der Waals surface area (Å²) in [6.45, 7) is 0.569. The lowest BCUT2D eigenvalue weighted by Crippen LogP contribution is -2.65. The van der Waals surface area contributed by atoms with E-state index in [1.165, 1.54) is 6.20 Å². The number of carbonyl (C=O) groups is 1.